The van der Waals surface area contributed by atoms with Gasteiger partial charge in [0.2, 0.25) is 0 Å². The zero-order valence-corrected chi connectivity index (χ0v) is 8.33. The van der Waals surface area contributed by atoms with Crippen LogP contribution in [0.25, 0.3) is 0 Å². The van der Waals surface area contributed by atoms with Crippen LogP contribution >= 0.6 is 0 Å². The van der Waals surface area contributed by atoms with Crippen LogP contribution in [0.3, 0.4) is 0 Å². The Hall–Kier alpha value is -0.703. The van der Waals surface area contributed by atoms with Crippen LogP contribution in [0, 0.1) is 0 Å². The maximum atomic E-state index is 4.19. The van der Waals surface area contributed by atoms with Crippen LogP contribution in [-0.4, -0.2) is 18.0 Å². The lowest BCUT2D eigenvalue weighted by molar-refractivity contribution is 1.01. The highest BCUT2D eigenvalue weighted by Crippen LogP contribution is 2.06. The third-order valence-electron chi connectivity index (χ3n) is 1.31. The fraction of sp³-hybridized carbons (Fsp3) is 0.500. The van der Waals surface area contributed by atoms with Crippen molar-refractivity contribution in [1.29, 1.82) is 0 Å². The number of aromatic nitrogens is 2. The van der Waals surface area contributed by atoms with Gasteiger partial charge < -0.3 is 0 Å². The van der Waals surface area contributed by atoms with Crippen molar-refractivity contribution in [3.63, 3.8) is 0 Å². The lowest BCUT2D eigenvalue weighted by Gasteiger charge is -2.13. The van der Waals surface area contributed by atoms with Gasteiger partial charge in [-0.1, -0.05) is 19.6 Å². The van der Waals surface area contributed by atoms with Gasteiger partial charge in [0.15, 0.2) is 0 Å². The number of nitrogens with zero attached hydrogens (tertiary/aromatic N) is 2. The molecule has 0 N–H and O–H groups in total. The molecule has 1 rings (SSSR count). The van der Waals surface area contributed by atoms with Crippen molar-refractivity contribution < 1.29 is 0 Å². The van der Waals surface area contributed by atoms with E-state index in [2.05, 4.69) is 29.6 Å². The van der Waals surface area contributed by atoms with Gasteiger partial charge in [0.1, 0.15) is 5.82 Å². The van der Waals surface area contributed by atoms with Crippen LogP contribution in [0.1, 0.15) is 5.82 Å². The van der Waals surface area contributed by atoms with Crippen molar-refractivity contribution in [3.05, 3.63) is 24.3 Å². The zero-order chi connectivity index (χ0) is 8.32. The molecular weight excluding hydrogens is 152 g/mol. The Balaban J connectivity index is 2.66. The van der Waals surface area contributed by atoms with Gasteiger partial charge in [-0.2, -0.15) is 0 Å². The van der Waals surface area contributed by atoms with Crippen molar-refractivity contribution in [2.75, 3.05) is 0 Å². The van der Waals surface area contributed by atoms with Crippen molar-refractivity contribution in [1.82, 2.24) is 9.97 Å². The fourth-order valence-corrected chi connectivity index (χ4v) is 2.03. The van der Waals surface area contributed by atoms with Gasteiger partial charge in [-0.25, -0.2) is 9.97 Å². The van der Waals surface area contributed by atoms with Gasteiger partial charge in [0.25, 0.3) is 0 Å². The first-order valence-corrected chi connectivity index (χ1v) is 7.54. The van der Waals surface area contributed by atoms with Gasteiger partial charge >= 0.3 is 0 Å². The molecule has 0 amide bonds. The quantitative estimate of drug-likeness (QED) is 0.627. The molecule has 0 radical (unpaired) electrons. The van der Waals surface area contributed by atoms with E-state index in [1.54, 1.807) is 0 Å². The number of hydrogen-bond donors (Lipinski definition) is 0. The molecule has 60 valence electrons. The van der Waals surface area contributed by atoms with Gasteiger partial charge in [-0.3, -0.25) is 0 Å². The molecule has 0 fully saturated rings. The Morgan fingerprint density at radius 2 is 1.73 bits per heavy atom. The molecule has 2 nitrogen and oxygen atoms in total. The summed E-state index contributed by atoms with van der Waals surface area (Å²) >= 11 is 0. The molecule has 0 aliphatic heterocycles. The summed E-state index contributed by atoms with van der Waals surface area (Å²) < 4.78 is 0. The average Bonchev–Trinajstić information content (AvgIpc) is 1.85. The van der Waals surface area contributed by atoms with Crippen LogP contribution in [-0.2, 0) is 6.04 Å². The smallest absolute Gasteiger partial charge is 0.125 e. The summed E-state index contributed by atoms with van der Waals surface area (Å²) in [5.41, 5.74) is 0. The third-order valence-corrected chi connectivity index (χ3v) is 2.68. The molecule has 0 spiro atoms. The first kappa shape index (κ1) is 8.39. The molecular formula is C8H14N2Si. The summed E-state index contributed by atoms with van der Waals surface area (Å²) in [4.78, 5) is 8.38. The minimum atomic E-state index is -1.02. The van der Waals surface area contributed by atoms with Crippen LogP contribution in [0.4, 0.5) is 0 Å². The monoisotopic (exact) mass is 166 g/mol. The van der Waals surface area contributed by atoms with E-state index in [0.29, 0.717) is 0 Å². The molecule has 0 saturated carbocycles. The Morgan fingerprint density at radius 3 is 2.18 bits per heavy atom. The molecule has 0 aromatic carbocycles. The molecule has 0 aliphatic rings. The summed E-state index contributed by atoms with van der Waals surface area (Å²) in [5, 5.41) is 0. The molecule has 0 bridgehead atoms. The number of rotatable bonds is 2. The largest absolute Gasteiger partial charge is 0.242 e. The molecule has 0 atom stereocenters. The molecule has 0 unspecified atom stereocenters. The molecule has 1 heterocycles. The van der Waals surface area contributed by atoms with Gasteiger partial charge in [-0.15, -0.1) is 0 Å². The zero-order valence-electron chi connectivity index (χ0n) is 7.33. The van der Waals surface area contributed by atoms with E-state index in [0.717, 1.165) is 11.9 Å². The van der Waals surface area contributed by atoms with Gasteiger partial charge in [0, 0.05) is 18.4 Å². The minimum absolute atomic E-state index is 0.992. The predicted molar refractivity (Wildman–Crippen MR) is 49.1 cm³/mol. The van der Waals surface area contributed by atoms with E-state index in [-0.39, 0.29) is 0 Å². The summed E-state index contributed by atoms with van der Waals surface area (Å²) in [6.07, 6.45) is 3.62. The Labute approximate surface area is 68.7 Å². The van der Waals surface area contributed by atoms with E-state index < -0.39 is 8.07 Å². The standard InChI is InChI=1S/C8H14N2Si/c1-11(2,3)7-8-9-5-4-6-10-8/h4-6H,7H2,1-3H3. The highest BCUT2D eigenvalue weighted by Gasteiger charge is 2.14. The van der Waals surface area contributed by atoms with Crippen molar-refractivity contribution in [2.24, 2.45) is 0 Å². The van der Waals surface area contributed by atoms with E-state index in [1.807, 2.05) is 18.5 Å². The summed E-state index contributed by atoms with van der Waals surface area (Å²) in [5.74, 6) is 0.992. The normalized spacial score (nSPS) is 11.5. The lowest BCUT2D eigenvalue weighted by atomic mass is 10.6. The van der Waals surface area contributed by atoms with Crippen LogP contribution < -0.4 is 0 Å². The summed E-state index contributed by atoms with van der Waals surface area (Å²) in [7, 11) is -1.02. The molecule has 1 aromatic rings. The van der Waals surface area contributed by atoms with E-state index in [4.69, 9.17) is 0 Å². The first-order valence-electron chi connectivity index (χ1n) is 3.84. The second-order valence-corrected chi connectivity index (χ2v) is 9.38. The first-order chi connectivity index (χ1) is 5.08. The average molecular weight is 166 g/mol. The topological polar surface area (TPSA) is 25.8 Å². The maximum Gasteiger partial charge on any atom is 0.125 e. The van der Waals surface area contributed by atoms with E-state index in [1.165, 1.54) is 0 Å². The SMILES string of the molecule is C[Si](C)(C)Cc1ncccn1. The molecule has 0 saturated heterocycles. The minimum Gasteiger partial charge on any atom is -0.242 e. The highest BCUT2D eigenvalue weighted by atomic mass is 28.3. The van der Waals surface area contributed by atoms with Gasteiger partial charge in [-0.05, 0) is 6.07 Å². The summed E-state index contributed by atoms with van der Waals surface area (Å²) in [6, 6.07) is 2.93. The lowest BCUT2D eigenvalue weighted by Crippen LogP contribution is -2.25. The van der Waals surface area contributed by atoms with E-state index >= 15 is 0 Å². The van der Waals surface area contributed by atoms with Crippen LogP contribution in [0.5, 0.6) is 0 Å². The Morgan fingerprint density at radius 1 is 1.18 bits per heavy atom. The molecule has 11 heavy (non-hydrogen) atoms. The molecule has 1 aromatic heterocycles. The van der Waals surface area contributed by atoms with Crippen molar-refractivity contribution >= 4 is 8.07 Å². The van der Waals surface area contributed by atoms with Crippen LogP contribution in [0.15, 0.2) is 18.5 Å². The second-order valence-electron chi connectivity index (χ2n) is 3.90. The van der Waals surface area contributed by atoms with Gasteiger partial charge in [0.05, 0.1) is 8.07 Å². The van der Waals surface area contributed by atoms with Crippen LogP contribution in [0.2, 0.25) is 19.6 Å². The molecule has 0 aliphatic carbocycles. The Kier molecular flexibility index (Phi) is 2.39. The fourth-order valence-electron chi connectivity index (χ4n) is 0.896. The second kappa shape index (κ2) is 3.13. The maximum absolute atomic E-state index is 4.19. The molecule has 3 heteroatoms. The predicted octanol–water partition coefficient (Wildman–Crippen LogP) is 1.90. The Bertz CT molecular complexity index is 215. The van der Waals surface area contributed by atoms with Crippen molar-refractivity contribution in [3.8, 4) is 0 Å². The van der Waals surface area contributed by atoms with E-state index in [9.17, 15) is 0 Å². The highest BCUT2D eigenvalue weighted by molar-refractivity contribution is 6.75. The summed E-state index contributed by atoms with van der Waals surface area (Å²) in [6.45, 7) is 6.97. The number of hydrogen-bond acceptors (Lipinski definition) is 2. The van der Waals surface area contributed by atoms with Crippen molar-refractivity contribution in [2.45, 2.75) is 25.7 Å². The third kappa shape index (κ3) is 3.27.